The molecule has 126 valence electrons. The third-order valence-electron chi connectivity index (χ3n) is 3.94. The average molecular weight is 329 g/mol. The van der Waals surface area contributed by atoms with E-state index < -0.39 is 12.1 Å². The molecule has 1 atom stereocenters. The topological polar surface area (TPSA) is 84.8 Å². The quantitative estimate of drug-likeness (QED) is 0.837. The molecule has 1 aromatic heterocycles. The standard InChI is InChI=1S/C17H19N3O4/c1-3-24-16(22)15(21)12-5-6-13(23-2)11-7-10-20(14(11)12)17-18-8-4-9-19-17/h4-6,8-9,15,21H,3,7,10H2,1-2H3. The Labute approximate surface area is 139 Å². The van der Waals surface area contributed by atoms with Crippen LogP contribution in [0.15, 0.2) is 30.6 Å². The first-order valence-electron chi connectivity index (χ1n) is 7.76. The van der Waals surface area contributed by atoms with E-state index in [4.69, 9.17) is 9.47 Å². The monoisotopic (exact) mass is 329 g/mol. The Morgan fingerprint density at radius 2 is 2.12 bits per heavy atom. The molecule has 0 amide bonds. The van der Waals surface area contributed by atoms with Gasteiger partial charge in [0.05, 0.1) is 19.4 Å². The molecule has 1 aliphatic heterocycles. The van der Waals surface area contributed by atoms with Crippen LogP contribution < -0.4 is 9.64 Å². The third-order valence-corrected chi connectivity index (χ3v) is 3.94. The van der Waals surface area contributed by atoms with Gasteiger partial charge in [-0.15, -0.1) is 0 Å². The lowest BCUT2D eigenvalue weighted by atomic mass is 10.0. The van der Waals surface area contributed by atoms with Crippen LogP contribution in [0.1, 0.15) is 24.2 Å². The number of rotatable bonds is 5. The van der Waals surface area contributed by atoms with E-state index in [1.165, 1.54) is 0 Å². The van der Waals surface area contributed by atoms with Crippen LogP contribution in [-0.2, 0) is 16.0 Å². The number of aliphatic hydroxyl groups is 1. The van der Waals surface area contributed by atoms with Crippen LogP contribution >= 0.6 is 0 Å². The Kier molecular flexibility index (Phi) is 4.61. The number of aliphatic hydroxyl groups excluding tert-OH is 1. The Morgan fingerprint density at radius 1 is 1.38 bits per heavy atom. The molecule has 7 heteroatoms. The maximum absolute atomic E-state index is 12.0. The zero-order chi connectivity index (χ0) is 17.1. The van der Waals surface area contributed by atoms with Crippen molar-refractivity contribution in [2.75, 3.05) is 25.2 Å². The SMILES string of the molecule is CCOC(=O)C(O)c1ccc(OC)c2c1N(c1ncccn1)CC2. The van der Waals surface area contributed by atoms with Gasteiger partial charge in [-0.05, 0) is 25.5 Å². The second-order valence-electron chi connectivity index (χ2n) is 5.29. The molecule has 0 fully saturated rings. The molecule has 1 aliphatic rings. The summed E-state index contributed by atoms with van der Waals surface area (Å²) in [6.45, 7) is 2.55. The number of carbonyl (C=O) groups is 1. The first-order chi connectivity index (χ1) is 11.7. The van der Waals surface area contributed by atoms with Crippen LogP contribution in [0.3, 0.4) is 0 Å². The highest BCUT2D eigenvalue weighted by molar-refractivity contribution is 5.83. The van der Waals surface area contributed by atoms with Gasteiger partial charge >= 0.3 is 5.97 Å². The summed E-state index contributed by atoms with van der Waals surface area (Å²) in [4.78, 5) is 22.4. The zero-order valence-electron chi connectivity index (χ0n) is 13.6. The number of aromatic nitrogens is 2. The molecule has 0 saturated carbocycles. The number of benzene rings is 1. The minimum atomic E-state index is -1.37. The number of hydrogen-bond acceptors (Lipinski definition) is 7. The van der Waals surface area contributed by atoms with Crippen molar-refractivity contribution in [2.45, 2.75) is 19.4 Å². The fraction of sp³-hybridized carbons (Fsp3) is 0.353. The van der Waals surface area contributed by atoms with Gasteiger partial charge in [0.1, 0.15) is 5.75 Å². The minimum absolute atomic E-state index is 0.208. The number of anilines is 2. The van der Waals surface area contributed by atoms with E-state index in [2.05, 4.69) is 9.97 Å². The van der Waals surface area contributed by atoms with Crippen molar-refractivity contribution in [1.29, 1.82) is 0 Å². The summed E-state index contributed by atoms with van der Waals surface area (Å²) in [5.74, 6) is 0.552. The van der Waals surface area contributed by atoms with E-state index in [-0.39, 0.29) is 6.61 Å². The molecule has 0 spiro atoms. The number of carbonyl (C=O) groups excluding carboxylic acids is 1. The number of nitrogens with zero attached hydrogens (tertiary/aromatic N) is 3. The summed E-state index contributed by atoms with van der Waals surface area (Å²) in [5.41, 5.74) is 2.10. The number of hydrogen-bond donors (Lipinski definition) is 1. The van der Waals surface area contributed by atoms with E-state index >= 15 is 0 Å². The van der Waals surface area contributed by atoms with E-state index in [0.29, 0.717) is 35.9 Å². The van der Waals surface area contributed by atoms with Crippen molar-refractivity contribution in [3.8, 4) is 5.75 Å². The molecule has 2 heterocycles. The maximum atomic E-state index is 12.0. The molecule has 7 nitrogen and oxygen atoms in total. The highest BCUT2D eigenvalue weighted by Crippen LogP contribution is 2.43. The van der Waals surface area contributed by atoms with E-state index in [0.717, 1.165) is 5.56 Å². The first kappa shape index (κ1) is 16.2. The van der Waals surface area contributed by atoms with Crippen LogP contribution in [0.4, 0.5) is 11.6 Å². The molecule has 0 aliphatic carbocycles. The number of ether oxygens (including phenoxy) is 2. The normalized spacial score (nSPS) is 14.2. The Bertz CT molecular complexity index is 736. The van der Waals surface area contributed by atoms with Gasteiger partial charge in [-0.25, -0.2) is 14.8 Å². The van der Waals surface area contributed by atoms with Gasteiger partial charge in [0.15, 0.2) is 6.10 Å². The summed E-state index contributed by atoms with van der Waals surface area (Å²) in [5, 5.41) is 10.4. The minimum Gasteiger partial charge on any atom is -0.496 e. The van der Waals surface area contributed by atoms with Crippen LogP contribution in [0.25, 0.3) is 0 Å². The van der Waals surface area contributed by atoms with Crippen molar-refractivity contribution < 1.29 is 19.4 Å². The molecule has 1 aromatic carbocycles. The lowest BCUT2D eigenvalue weighted by Crippen LogP contribution is -2.21. The molecule has 2 aromatic rings. The molecule has 0 radical (unpaired) electrons. The van der Waals surface area contributed by atoms with Gasteiger partial charge in [0.2, 0.25) is 5.95 Å². The predicted molar refractivity (Wildman–Crippen MR) is 87.3 cm³/mol. The molecule has 1 unspecified atom stereocenters. The molecule has 1 N–H and O–H groups in total. The Hall–Kier alpha value is -2.67. The van der Waals surface area contributed by atoms with Gasteiger partial charge < -0.3 is 19.5 Å². The fourth-order valence-electron chi connectivity index (χ4n) is 2.92. The van der Waals surface area contributed by atoms with Crippen molar-refractivity contribution in [2.24, 2.45) is 0 Å². The largest absolute Gasteiger partial charge is 0.496 e. The molecular formula is C17H19N3O4. The molecule has 24 heavy (non-hydrogen) atoms. The number of fused-ring (bicyclic) bond motifs is 1. The number of methoxy groups -OCH3 is 1. The fourth-order valence-corrected chi connectivity index (χ4v) is 2.92. The van der Waals surface area contributed by atoms with Gasteiger partial charge in [0.25, 0.3) is 0 Å². The van der Waals surface area contributed by atoms with Crippen LogP contribution in [-0.4, -0.2) is 41.3 Å². The summed E-state index contributed by atoms with van der Waals surface area (Å²) >= 11 is 0. The van der Waals surface area contributed by atoms with Crippen LogP contribution in [0.5, 0.6) is 5.75 Å². The van der Waals surface area contributed by atoms with Crippen molar-refractivity contribution in [3.63, 3.8) is 0 Å². The summed E-state index contributed by atoms with van der Waals surface area (Å²) in [7, 11) is 1.60. The van der Waals surface area contributed by atoms with E-state index in [1.807, 2.05) is 4.90 Å². The lowest BCUT2D eigenvalue weighted by Gasteiger charge is -2.22. The molecule has 0 saturated heterocycles. The second kappa shape index (κ2) is 6.84. The van der Waals surface area contributed by atoms with E-state index in [1.54, 1.807) is 44.6 Å². The predicted octanol–water partition coefficient (Wildman–Crippen LogP) is 1.78. The molecule has 3 rings (SSSR count). The Morgan fingerprint density at radius 3 is 2.79 bits per heavy atom. The summed E-state index contributed by atoms with van der Waals surface area (Å²) in [6.07, 6.45) is 2.65. The Balaban J connectivity index is 2.09. The van der Waals surface area contributed by atoms with Gasteiger partial charge in [-0.2, -0.15) is 0 Å². The summed E-state index contributed by atoms with van der Waals surface area (Å²) < 4.78 is 10.4. The molecule has 0 bridgehead atoms. The van der Waals surface area contributed by atoms with Crippen molar-refractivity contribution >= 4 is 17.6 Å². The lowest BCUT2D eigenvalue weighted by molar-refractivity contribution is -0.153. The smallest absolute Gasteiger partial charge is 0.339 e. The highest BCUT2D eigenvalue weighted by atomic mass is 16.5. The summed E-state index contributed by atoms with van der Waals surface area (Å²) in [6, 6.07) is 5.17. The van der Waals surface area contributed by atoms with E-state index in [9.17, 15) is 9.90 Å². The third kappa shape index (κ3) is 2.78. The van der Waals surface area contributed by atoms with Crippen molar-refractivity contribution in [3.05, 3.63) is 41.7 Å². The van der Waals surface area contributed by atoms with Gasteiger partial charge in [-0.3, -0.25) is 0 Å². The maximum Gasteiger partial charge on any atom is 0.339 e. The van der Waals surface area contributed by atoms with Crippen molar-refractivity contribution in [1.82, 2.24) is 9.97 Å². The number of esters is 1. The van der Waals surface area contributed by atoms with Crippen LogP contribution in [0.2, 0.25) is 0 Å². The van der Waals surface area contributed by atoms with Gasteiger partial charge in [-0.1, -0.05) is 6.07 Å². The first-order valence-corrected chi connectivity index (χ1v) is 7.76. The molecular weight excluding hydrogens is 310 g/mol. The van der Waals surface area contributed by atoms with Crippen LogP contribution in [0, 0.1) is 0 Å². The zero-order valence-corrected chi connectivity index (χ0v) is 13.6. The highest BCUT2D eigenvalue weighted by Gasteiger charge is 2.33. The average Bonchev–Trinajstić information content (AvgIpc) is 3.06. The second-order valence-corrected chi connectivity index (χ2v) is 5.29. The van der Waals surface area contributed by atoms with Gasteiger partial charge in [0, 0.05) is 30.1 Å².